The van der Waals surface area contributed by atoms with E-state index < -0.39 is 0 Å². The van der Waals surface area contributed by atoms with Crippen LogP contribution in [-0.4, -0.2) is 25.0 Å². The minimum absolute atomic E-state index is 0.259. The van der Waals surface area contributed by atoms with Gasteiger partial charge in [-0.2, -0.15) is 11.8 Å². The third-order valence-corrected chi connectivity index (χ3v) is 4.47. The average Bonchev–Trinajstić information content (AvgIpc) is 2.85. The number of nitrogens with two attached hydrogens (primary N) is 1. The molecule has 1 heterocycles. The fraction of sp³-hybridized carbons (Fsp3) is 0.538. The van der Waals surface area contributed by atoms with E-state index in [0.29, 0.717) is 5.92 Å². The molecule has 2 unspecified atom stereocenters. The van der Waals surface area contributed by atoms with Crippen molar-refractivity contribution in [3.63, 3.8) is 0 Å². The largest absolute Gasteiger partial charge is 0.381 e. The lowest BCUT2D eigenvalue weighted by Gasteiger charge is -2.16. The molecule has 0 amide bonds. The van der Waals surface area contributed by atoms with Gasteiger partial charge in [-0.25, -0.2) is 0 Å². The van der Waals surface area contributed by atoms with E-state index in [1.165, 1.54) is 5.56 Å². The van der Waals surface area contributed by atoms with Crippen LogP contribution in [0, 0.1) is 5.92 Å². The van der Waals surface area contributed by atoms with Crippen molar-refractivity contribution < 1.29 is 4.74 Å². The number of halogens is 1. The van der Waals surface area contributed by atoms with E-state index in [2.05, 4.69) is 12.1 Å². The van der Waals surface area contributed by atoms with E-state index in [1.54, 1.807) is 0 Å². The van der Waals surface area contributed by atoms with Gasteiger partial charge in [0.15, 0.2) is 0 Å². The first-order valence-corrected chi connectivity index (χ1v) is 7.44. The van der Waals surface area contributed by atoms with Crippen molar-refractivity contribution in [2.45, 2.75) is 18.2 Å². The number of benzene rings is 1. The SMILES string of the molecule is NC(CSCc1ccc(Cl)cc1)C1CCOC1. The Morgan fingerprint density at radius 1 is 1.41 bits per heavy atom. The molecular weight excluding hydrogens is 254 g/mol. The number of ether oxygens (including phenoxy) is 1. The van der Waals surface area contributed by atoms with Gasteiger partial charge in [0, 0.05) is 35.1 Å². The van der Waals surface area contributed by atoms with Gasteiger partial charge in [0.2, 0.25) is 0 Å². The van der Waals surface area contributed by atoms with Crippen molar-refractivity contribution in [1.29, 1.82) is 0 Å². The standard InChI is InChI=1S/C13H18ClNOS/c14-12-3-1-10(2-4-12)8-17-9-13(15)11-5-6-16-7-11/h1-4,11,13H,5-9,15H2. The maximum atomic E-state index is 6.15. The minimum Gasteiger partial charge on any atom is -0.381 e. The summed E-state index contributed by atoms with van der Waals surface area (Å²) in [6.07, 6.45) is 1.11. The van der Waals surface area contributed by atoms with Crippen LogP contribution in [0.25, 0.3) is 0 Å². The van der Waals surface area contributed by atoms with Crippen molar-refractivity contribution in [3.05, 3.63) is 34.9 Å². The van der Waals surface area contributed by atoms with Crippen LogP contribution in [0.2, 0.25) is 5.02 Å². The zero-order valence-corrected chi connectivity index (χ0v) is 11.3. The summed E-state index contributed by atoms with van der Waals surface area (Å²) in [5.41, 5.74) is 7.45. The van der Waals surface area contributed by atoms with E-state index in [1.807, 2.05) is 23.9 Å². The van der Waals surface area contributed by atoms with E-state index in [0.717, 1.165) is 36.2 Å². The highest BCUT2D eigenvalue weighted by molar-refractivity contribution is 7.98. The van der Waals surface area contributed by atoms with Crippen LogP contribution >= 0.6 is 23.4 Å². The Bertz CT molecular complexity index is 338. The molecular formula is C13H18ClNOS. The summed E-state index contributed by atoms with van der Waals surface area (Å²) in [5.74, 6) is 2.54. The second kappa shape index (κ2) is 6.64. The Kier molecular flexibility index (Phi) is 5.16. The van der Waals surface area contributed by atoms with E-state index in [-0.39, 0.29) is 6.04 Å². The second-order valence-corrected chi connectivity index (χ2v) is 5.90. The number of rotatable bonds is 5. The first-order chi connectivity index (χ1) is 8.25. The zero-order chi connectivity index (χ0) is 12.1. The topological polar surface area (TPSA) is 35.2 Å². The lowest BCUT2D eigenvalue weighted by atomic mass is 10.0. The molecule has 1 fully saturated rings. The van der Waals surface area contributed by atoms with Gasteiger partial charge in [-0.15, -0.1) is 0 Å². The molecule has 1 aliphatic rings. The highest BCUT2D eigenvalue weighted by Gasteiger charge is 2.22. The maximum absolute atomic E-state index is 6.15. The molecule has 94 valence electrons. The van der Waals surface area contributed by atoms with Gasteiger partial charge < -0.3 is 10.5 Å². The van der Waals surface area contributed by atoms with Crippen LogP contribution in [-0.2, 0) is 10.5 Å². The number of thioether (sulfide) groups is 1. The molecule has 1 saturated heterocycles. The number of hydrogen-bond acceptors (Lipinski definition) is 3. The Balaban J connectivity index is 1.70. The van der Waals surface area contributed by atoms with Crippen LogP contribution < -0.4 is 5.73 Å². The molecule has 1 aromatic carbocycles. The third-order valence-electron chi connectivity index (χ3n) is 3.06. The summed E-state index contributed by atoms with van der Waals surface area (Å²) in [4.78, 5) is 0. The van der Waals surface area contributed by atoms with Crippen molar-refractivity contribution in [3.8, 4) is 0 Å². The molecule has 0 spiro atoms. The first kappa shape index (κ1) is 13.2. The highest BCUT2D eigenvalue weighted by atomic mass is 35.5. The third kappa shape index (κ3) is 4.18. The van der Waals surface area contributed by atoms with E-state index in [9.17, 15) is 0 Å². The van der Waals surface area contributed by atoms with Gasteiger partial charge in [-0.1, -0.05) is 23.7 Å². The van der Waals surface area contributed by atoms with Gasteiger partial charge in [0.05, 0.1) is 6.61 Å². The fourth-order valence-corrected chi connectivity index (χ4v) is 3.14. The molecule has 0 aromatic heterocycles. The summed E-state index contributed by atoms with van der Waals surface area (Å²) < 4.78 is 5.35. The molecule has 1 aliphatic heterocycles. The van der Waals surface area contributed by atoms with Crippen LogP contribution in [0.4, 0.5) is 0 Å². The van der Waals surface area contributed by atoms with Crippen molar-refractivity contribution in [2.24, 2.45) is 11.7 Å². The predicted octanol–water partition coefficient (Wildman–Crippen LogP) is 2.94. The predicted molar refractivity (Wildman–Crippen MR) is 74.5 cm³/mol. The molecule has 1 aromatic rings. The minimum atomic E-state index is 0.259. The number of hydrogen-bond donors (Lipinski definition) is 1. The van der Waals surface area contributed by atoms with Crippen LogP contribution in [0.1, 0.15) is 12.0 Å². The smallest absolute Gasteiger partial charge is 0.0510 e. The summed E-state index contributed by atoms with van der Waals surface area (Å²) in [5, 5.41) is 0.790. The van der Waals surface area contributed by atoms with Crippen molar-refractivity contribution in [2.75, 3.05) is 19.0 Å². The van der Waals surface area contributed by atoms with Crippen LogP contribution in [0.15, 0.2) is 24.3 Å². The summed E-state index contributed by atoms with van der Waals surface area (Å²) in [6, 6.07) is 8.26. The van der Waals surface area contributed by atoms with Gasteiger partial charge in [-0.05, 0) is 24.1 Å². The molecule has 0 bridgehead atoms. The zero-order valence-electron chi connectivity index (χ0n) is 9.77. The highest BCUT2D eigenvalue weighted by Crippen LogP contribution is 2.21. The molecule has 0 radical (unpaired) electrons. The van der Waals surface area contributed by atoms with Crippen molar-refractivity contribution >= 4 is 23.4 Å². The van der Waals surface area contributed by atoms with Crippen LogP contribution in [0.5, 0.6) is 0 Å². The Morgan fingerprint density at radius 2 is 2.18 bits per heavy atom. The van der Waals surface area contributed by atoms with Crippen LogP contribution in [0.3, 0.4) is 0 Å². The van der Waals surface area contributed by atoms with E-state index >= 15 is 0 Å². The molecule has 2 N–H and O–H groups in total. The lowest BCUT2D eigenvalue weighted by molar-refractivity contribution is 0.182. The van der Waals surface area contributed by atoms with E-state index in [4.69, 9.17) is 22.1 Å². The molecule has 4 heteroatoms. The summed E-state index contributed by atoms with van der Waals surface area (Å²) in [7, 11) is 0. The Hall–Kier alpha value is -0.220. The molecule has 17 heavy (non-hydrogen) atoms. The Morgan fingerprint density at radius 3 is 2.82 bits per heavy atom. The van der Waals surface area contributed by atoms with Gasteiger partial charge in [0.25, 0.3) is 0 Å². The monoisotopic (exact) mass is 271 g/mol. The fourth-order valence-electron chi connectivity index (χ4n) is 1.92. The Labute approximate surface area is 112 Å². The average molecular weight is 272 g/mol. The quantitative estimate of drug-likeness (QED) is 0.894. The lowest BCUT2D eigenvalue weighted by Crippen LogP contribution is -2.32. The molecule has 2 nitrogen and oxygen atoms in total. The van der Waals surface area contributed by atoms with Gasteiger partial charge >= 0.3 is 0 Å². The molecule has 2 rings (SSSR count). The normalized spacial score (nSPS) is 21.6. The first-order valence-electron chi connectivity index (χ1n) is 5.91. The molecule has 2 atom stereocenters. The molecule has 0 aliphatic carbocycles. The maximum Gasteiger partial charge on any atom is 0.0510 e. The summed E-state index contributed by atoms with van der Waals surface area (Å²) >= 11 is 7.73. The van der Waals surface area contributed by atoms with Gasteiger partial charge in [-0.3, -0.25) is 0 Å². The molecule has 0 saturated carbocycles. The summed E-state index contributed by atoms with van der Waals surface area (Å²) in [6.45, 7) is 1.71. The van der Waals surface area contributed by atoms with Gasteiger partial charge in [0.1, 0.15) is 0 Å². The van der Waals surface area contributed by atoms with Crippen molar-refractivity contribution in [1.82, 2.24) is 0 Å². The second-order valence-electron chi connectivity index (χ2n) is 4.43.